The first-order chi connectivity index (χ1) is 8.61. The molecule has 0 radical (unpaired) electrons. The van der Waals surface area contributed by atoms with Crippen LogP contribution in [0.3, 0.4) is 0 Å². The fraction of sp³-hybridized carbons (Fsp3) is 0.182. The highest BCUT2D eigenvalue weighted by Gasteiger charge is 2.09. The molecule has 1 aromatic carbocycles. The van der Waals surface area contributed by atoms with Gasteiger partial charge in [-0.1, -0.05) is 0 Å². The Bertz CT molecular complexity index is 553. The summed E-state index contributed by atoms with van der Waals surface area (Å²) in [6, 6.07) is 4.18. The third-order valence-corrected chi connectivity index (χ3v) is 2.44. The van der Waals surface area contributed by atoms with Crippen LogP contribution in [0.4, 0.5) is 17.2 Å². The number of aliphatic hydroxyl groups is 1. The summed E-state index contributed by atoms with van der Waals surface area (Å²) in [5.41, 5.74) is 6.74. The number of anilines is 3. The number of hydrogen-bond acceptors (Lipinski definition) is 6. The van der Waals surface area contributed by atoms with E-state index >= 15 is 0 Å². The first kappa shape index (κ1) is 12.1. The molecular formula is C11H14N4O3. The van der Waals surface area contributed by atoms with E-state index in [9.17, 15) is 10.2 Å². The predicted octanol–water partition coefficient (Wildman–Crippen LogP) is 0.612. The zero-order valence-corrected chi connectivity index (χ0v) is 9.54. The van der Waals surface area contributed by atoms with Gasteiger partial charge in [0.2, 0.25) is 0 Å². The van der Waals surface area contributed by atoms with Crippen LogP contribution in [0.25, 0.3) is 0 Å². The van der Waals surface area contributed by atoms with E-state index in [0.29, 0.717) is 23.7 Å². The van der Waals surface area contributed by atoms with Crippen molar-refractivity contribution in [2.45, 2.75) is 6.54 Å². The number of nitrogens with one attached hydrogen (secondary N) is 1. The van der Waals surface area contributed by atoms with Crippen molar-refractivity contribution >= 4 is 17.2 Å². The number of phenolic OH excluding ortho intramolecular Hbond substituents is 2. The van der Waals surface area contributed by atoms with Gasteiger partial charge >= 0.3 is 0 Å². The highest BCUT2D eigenvalue weighted by atomic mass is 16.3. The Labute approximate surface area is 103 Å². The third kappa shape index (κ3) is 2.30. The van der Waals surface area contributed by atoms with Crippen molar-refractivity contribution < 1.29 is 15.3 Å². The zero-order chi connectivity index (χ0) is 13.1. The molecule has 96 valence electrons. The molecule has 7 nitrogen and oxygen atoms in total. The molecule has 1 aromatic heterocycles. The number of benzene rings is 1. The Morgan fingerprint density at radius 3 is 2.72 bits per heavy atom. The second-order valence-corrected chi connectivity index (χ2v) is 3.72. The molecule has 0 saturated carbocycles. The molecule has 18 heavy (non-hydrogen) atoms. The summed E-state index contributed by atoms with van der Waals surface area (Å²) in [5, 5.41) is 34.5. The Morgan fingerprint density at radius 2 is 2.06 bits per heavy atom. The molecule has 0 unspecified atom stereocenters. The molecule has 0 fully saturated rings. The van der Waals surface area contributed by atoms with Crippen molar-refractivity contribution in [2.75, 3.05) is 17.7 Å². The molecule has 0 aliphatic rings. The van der Waals surface area contributed by atoms with Crippen LogP contribution >= 0.6 is 0 Å². The molecule has 1 heterocycles. The molecule has 0 amide bonds. The van der Waals surface area contributed by atoms with E-state index in [1.54, 1.807) is 0 Å². The SMILES string of the molecule is Nc1c(Nc2ccc(O)cc2O)cnn1CCO. The first-order valence-electron chi connectivity index (χ1n) is 5.33. The maximum Gasteiger partial charge on any atom is 0.145 e. The summed E-state index contributed by atoms with van der Waals surface area (Å²) in [6.07, 6.45) is 1.50. The van der Waals surface area contributed by atoms with Gasteiger partial charge in [-0.2, -0.15) is 5.10 Å². The van der Waals surface area contributed by atoms with E-state index in [1.807, 2.05) is 0 Å². The number of nitrogens with zero attached hydrogens (tertiary/aromatic N) is 2. The Balaban J connectivity index is 2.23. The van der Waals surface area contributed by atoms with Gasteiger partial charge in [-0.15, -0.1) is 0 Å². The lowest BCUT2D eigenvalue weighted by Gasteiger charge is -2.08. The van der Waals surface area contributed by atoms with E-state index in [-0.39, 0.29) is 18.1 Å². The van der Waals surface area contributed by atoms with Crippen LogP contribution in [-0.2, 0) is 6.54 Å². The minimum Gasteiger partial charge on any atom is -0.508 e. The Hall–Kier alpha value is -2.41. The molecule has 0 aliphatic carbocycles. The predicted molar refractivity (Wildman–Crippen MR) is 66.8 cm³/mol. The van der Waals surface area contributed by atoms with Crippen LogP contribution in [0.1, 0.15) is 0 Å². The number of aromatic nitrogens is 2. The molecule has 0 aliphatic heterocycles. The second kappa shape index (κ2) is 4.84. The minimum atomic E-state index is -0.0932. The summed E-state index contributed by atoms with van der Waals surface area (Å²) < 4.78 is 1.44. The third-order valence-electron chi connectivity index (χ3n) is 2.44. The molecule has 0 saturated heterocycles. The summed E-state index contributed by atoms with van der Waals surface area (Å²) in [5.74, 6) is 0.239. The van der Waals surface area contributed by atoms with Gasteiger partial charge in [-0.25, -0.2) is 4.68 Å². The lowest BCUT2D eigenvalue weighted by atomic mass is 10.2. The lowest BCUT2D eigenvalue weighted by Crippen LogP contribution is -2.08. The number of nitrogens with two attached hydrogens (primary N) is 1. The molecule has 7 heteroatoms. The van der Waals surface area contributed by atoms with Crippen molar-refractivity contribution in [3.05, 3.63) is 24.4 Å². The number of rotatable bonds is 4. The summed E-state index contributed by atoms with van der Waals surface area (Å²) in [7, 11) is 0. The fourth-order valence-electron chi connectivity index (χ4n) is 1.53. The van der Waals surface area contributed by atoms with Gasteiger partial charge in [0.15, 0.2) is 0 Å². The molecule has 2 aromatic rings. The van der Waals surface area contributed by atoms with Gasteiger partial charge in [-0.3, -0.25) is 0 Å². The van der Waals surface area contributed by atoms with Crippen LogP contribution in [0.2, 0.25) is 0 Å². The summed E-state index contributed by atoms with van der Waals surface area (Å²) in [6.45, 7) is 0.241. The summed E-state index contributed by atoms with van der Waals surface area (Å²) in [4.78, 5) is 0. The molecule has 0 atom stereocenters. The standard InChI is InChI=1S/C11H14N4O3/c12-11-9(6-13-15(11)3-4-16)14-8-2-1-7(17)5-10(8)18/h1-2,5-6,14,16-18H,3-4,12H2. The Morgan fingerprint density at radius 1 is 1.28 bits per heavy atom. The van der Waals surface area contributed by atoms with E-state index < -0.39 is 0 Å². The molecule has 0 spiro atoms. The van der Waals surface area contributed by atoms with Gasteiger partial charge in [0.25, 0.3) is 0 Å². The zero-order valence-electron chi connectivity index (χ0n) is 9.54. The highest BCUT2D eigenvalue weighted by molar-refractivity contribution is 5.73. The fourth-order valence-corrected chi connectivity index (χ4v) is 1.53. The number of phenols is 2. The van der Waals surface area contributed by atoms with Crippen LogP contribution in [0.15, 0.2) is 24.4 Å². The van der Waals surface area contributed by atoms with Crippen molar-refractivity contribution in [1.29, 1.82) is 0 Å². The van der Waals surface area contributed by atoms with Gasteiger partial charge in [0, 0.05) is 6.07 Å². The van der Waals surface area contributed by atoms with E-state index in [1.165, 1.54) is 29.1 Å². The van der Waals surface area contributed by atoms with Crippen molar-refractivity contribution in [2.24, 2.45) is 0 Å². The molecular weight excluding hydrogens is 236 g/mol. The summed E-state index contributed by atoms with van der Waals surface area (Å²) >= 11 is 0. The maximum absolute atomic E-state index is 9.62. The van der Waals surface area contributed by atoms with E-state index in [2.05, 4.69) is 10.4 Å². The monoisotopic (exact) mass is 250 g/mol. The number of hydrogen-bond donors (Lipinski definition) is 5. The maximum atomic E-state index is 9.62. The first-order valence-corrected chi connectivity index (χ1v) is 5.33. The van der Waals surface area contributed by atoms with Crippen molar-refractivity contribution in [3.8, 4) is 11.5 Å². The van der Waals surface area contributed by atoms with E-state index in [0.717, 1.165) is 0 Å². The van der Waals surface area contributed by atoms with Gasteiger partial charge in [0.1, 0.15) is 23.0 Å². The van der Waals surface area contributed by atoms with Crippen molar-refractivity contribution in [1.82, 2.24) is 9.78 Å². The van der Waals surface area contributed by atoms with Gasteiger partial charge in [-0.05, 0) is 12.1 Å². The van der Waals surface area contributed by atoms with Crippen molar-refractivity contribution in [3.63, 3.8) is 0 Å². The molecule has 2 rings (SSSR count). The van der Waals surface area contributed by atoms with Crippen LogP contribution < -0.4 is 11.1 Å². The number of aromatic hydroxyl groups is 2. The highest BCUT2D eigenvalue weighted by Crippen LogP contribution is 2.31. The molecule has 6 N–H and O–H groups in total. The smallest absolute Gasteiger partial charge is 0.145 e. The normalized spacial score (nSPS) is 10.5. The average molecular weight is 250 g/mol. The number of aliphatic hydroxyl groups excluding tert-OH is 1. The van der Waals surface area contributed by atoms with Gasteiger partial charge in [0.05, 0.1) is 25.0 Å². The quantitative estimate of drug-likeness (QED) is 0.401. The average Bonchev–Trinajstić information content (AvgIpc) is 2.66. The van der Waals surface area contributed by atoms with Crippen LogP contribution in [0.5, 0.6) is 11.5 Å². The second-order valence-electron chi connectivity index (χ2n) is 3.72. The molecule has 0 bridgehead atoms. The largest absolute Gasteiger partial charge is 0.508 e. The lowest BCUT2D eigenvalue weighted by molar-refractivity contribution is 0.270. The van der Waals surface area contributed by atoms with Gasteiger partial charge < -0.3 is 26.4 Å². The Kier molecular flexibility index (Phi) is 3.24. The van der Waals surface area contributed by atoms with Crippen LogP contribution in [0, 0.1) is 0 Å². The van der Waals surface area contributed by atoms with E-state index in [4.69, 9.17) is 10.8 Å². The number of nitrogen functional groups attached to an aromatic ring is 1. The topological polar surface area (TPSA) is 117 Å². The minimum absolute atomic E-state index is 0.0259. The van der Waals surface area contributed by atoms with Crippen LogP contribution in [-0.4, -0.2) is 31.7 Å².